The van der Waals surface area contributed by atoms with Crippen molar-refractivity contribution in [2.75, 3.05) is 0 Å². The van der Waals surface area contributed by atoms with E-state index in [0.29, 0.717) is 24.2 Å². The highest BCUT2D eigenvalue weighted by molar-refractivity contribution is 7.91. The molecule has 1 aliphatic rings. The van der Waals surface area contributed by atoms with E-state index in [9.17, 15) is 13.2 Å². The Labute approximate surface area is 181 Å². The van der Waals surface area contributed by atoms with Crippen LogP contribution < -0.4 is 0 Å². The lowest BCUT2D eigenvalue weighted by Gasteiger charge is -2.22. The van der Waals surface area contributed by atoms with Gasteiger partial charge in [0.2, 0.25) is 0 Å². The lowest BCUT2D eigenvalue weighted by atomic mass is 9.82. The van der Waals surface area contributed by atoms with Gasteiger partial charge in [0.15, 0.2) is 9.84 Å². The van der Waals surface area contributed by atoms with Gasteiger partial charge in [-0.25, -0.2) is 18.4 Å². The Bertz CT molecular complexity index is 1190. The molecule has 3 aromatic rings. The lowest BCUT2D eigenvalue weighted by molar-refractivity contribution is -0.123. The molecule has 0 amide bonds. The molecule has 0 radical (unpaired) electrons. The van der Waals surface area contributed by atoms with E-state index in [1.165, 1.54) is 6.20 Å². The zero-order valence-corrected chi connectivity index (χ0v) is 18.3. The number of aromatic nitrogens is 4. The Hall–Kier alpha value is -3.00. The molecule has 0 saturated heterocycles. The number of pyridine rings is 2. The highest BCUT2D eigenvalue weighted by Gasteiger charge is 2.37. The van der Waals surface area contributed by atoms with Crippen molar-refractivity contribution in [1.82, 2.24) is 19.9 Å². The van der Waals surface area contributed by atoms with Gasteiger partial charge >= 0.3 is 0 Å². The molecule has 0 atom stereocenters. The maximum absolute atomic E-state index is 13.1. The van der Waals surface area contributed by atoms with Gasteiger partial charge in [0, 0.05) is 48.0 Å². The van der Waals surface area contributed by atoms with Crippen LogP contribution in [0.25, 0.3) is 11.1 Å². The number of sulfone groups is 1. The van der Waals surface area contributed by atoms with Crippen molar-refractivity contribution in [3.8, 4) is 11.1 Å². The number of carbonyl (C=O) groups excluding carboxylic acids is 1. The van der Waals surface area contributed by atoms with Crippen molar-refractivity contribution in [3.05, 3.63) is 72.3 Å². The molecular formula is C23H24N4O3S. The molecule has 3 heterocycles. The third-order valence-corrected chi connectivity index (χ3v) is 7.71. The van der Waals surface area contributed by atoms with E-state index >= 15 is 0 Å². The minimum Gasteiger partial charge on any atom is -0.298 e. The largest absolute Gasteiger partial charge is 0.298 e. The van der Waals surface area contributed by atoms with Gasteiger partial charge in [-0.05, 0) is 44.9 Å². The highest BCUT2D eigenvalue weighted by Crippen LogP contribution is 2.31. The summed E-state index contributed by atoms with van der Waals surface area (Å²) in [6.07, 6.45) is 8.30. The monoisotopic (exact) mass is 436 g/mol. The molecule has 1 saturated carbocycles. The molecule has 1 aliphatic carbocycles. The van der Waals surface area contributed by atoms with Crippen LogP contribution in [0.1, 0.15) is 43.9 Å². The van der Waals surface area contributed by atoms with Gasteiger partial charge in [0.05, 0.1) is 16.4 Å². The van der Waals surface area contributed by atoms with Gasteiger partial charge in [-0.15, -0.1) is 0 Å². The molecule has 0 aliphatic heterocycles. The predicted molar refractivity (Wildman–Crippen MR) is 117 cm³/mol. The van der Waals surface area contributed by atoms with E-state index in [1.807, 2.05) is 24.3 Å². The van der Waals surface area contributed by atoms with Crippen molar-refractivity contribution in [2.45, 2.75) is 49.5 Å². The van der Waals surface area contributed by atoms with Crippen molar-refractivity contribution in [1.29, 1.82) is 0 Å². The summed E-state index contributed by atoms with van der Waals surface area (Å²) in [5.74, 6) is 0.000647. The van der Waals surface area contributed by atoms with Gasteiger partial charge in [0.1, 0.15) is 17.4 Å². The van der Waals surface area contributed by atoms with E-state index < -0.39 is 15.3 Å². The number of nitrogens with zero attached hydrogens (tertiary/aromatic N) is 4. The Morgan fingerprint density at radius 3 is 2.45 bits per heavy atom. The minimum absolute atomic E-state index is 0.0520. The number of rotatable bonds is 8. The third kappa shape index (κ3) is 4.85. The molecule has 0 aromatic carbocycles. The van der Waals surface area contributed by atoms with E-state index in [-0.39, 0.29) is 29.0 Å². The van der Waals surface area contributed by atoms with E-state index in [1.54, 1.807) is 38.5 Å². The smallest absolute Gasteiger partial charge is 0.160 e. The summed E-state index contributed by atoms with van der Waals surface area (Å²) >= 11 is 0. The summed E-state index contributed by atoms with van der Waals surface area (Å²) < 4.78 is 24.5. The number of hydrogen-bond donors (Lipinski definition) is 0. The molecule has 0 N–H and O–H groups in total. The fourth-order valence-electron chi connectivity index (χ4n) is 3.30. The second-order valence-corrected chi connectivity index (χ2v) is 10.7. The van der Waals surface area contributed by atoms with Crippen LogP contribution in [0.2, 0.25) is 0 Å². The van der Waals surface area contributed by atoms with Crippen LogP contribution in [-0.2, 0) is 32.2 Å². The molecular weight excluding hydrogens is 412 g/mol. The number of ketones is 1. The summed E-state index contributed by atoms with van der Waals surface area (Å²) in [6, 6.07) is 9.24. The second-order valence-electron chi connectivity index (χ2n) is 8.37. The molecule has 1 fully saturated rings. The van der Waals surface area contributed by atoms with Gasteiger partial charge in [-0.3, -0.25) is 14.8 Å². The van der Waals surface area contributed by atoms with Crippen LogP contribution in [0.15, 0.2) is 55.1 Å². The van der Waals surface area contributed by atoms with Gasteiger partial charge in [-0.2, -0.15) is 0 Å². The van der Waals surface area contributed by atoms with Crippen molar-refractivity contribution in [2.24, 2.45) is 0 Å². The van der Waals surface area contributed by atoms with Gasteiger partial charge in [-0.1, -0.05) is 12.1 Å². The first kappa shape index (κ1) is 21.2. The number of carbonyl (C=O) groups is 1. The van der Waals surface area contributed by atoms with E-state index in [4.69, 9.17) is 0 Å². The molecule has 0 spiro atoms. The Morgan fingerprint density at radius 1 is 1.03 bits per heavy atom. The second kappa shape index (κ2) is 8.26. The molecule has 31 heavy (non-hydrogen) atoms. The predicted octanol–water partition coefficient (Wildman–Crippen LogP) is 3.10. The van der Waals surface area contributed by atoms with Gasteiger partial charge < -0.3 is 0 Å². The third-order valence-electron chi connectivity index (χ3n) is 5.57. The minimum atomic E-state index is -3.22. The summed E-state index contributed by atoms with van der Waals surface area (Å²) in [4.78, 5) is 30.1. The lowest BCUT2D eigenvalue weighted by Crippen LogP contribution is -2.32. The fourth-order valence-corrected chi connectivity index (χ4v) is 4.89. The molecule has 0 unspecified atom stereocenters. The SMILES string of the molecule is CC(C)(C(=O)Cc1ccc(-c2cccnc2)cn1)c1ccnc(CS(=O)(=O)C2CC2)n1. The van der Waals surface area contributed by atoms with Crippen LogP contribution in [-0.4, -0.2) is 39.4 Å². The van der Waals surface area contributed by atoms with Crippen LogP contribution >= 0.6 is 0 Å². The highest BCUT2D eigenvalue weighted by atomic mass is 32.2. The zero-order chi connectivity index (χ0) is 22.1. The molecule has 3 aromatic heterocycles. The topological polar surface area (TPSA) is 103 Å². The summed E-state index contributed by atoms with van der Waals surface area (Å²) in [7, 11) is -3.22. The van der Waals surface area contributed by atoms with Gasteiger partial charge in [0.25, 0.3) is 0 Å². The number of Topliss-reactive ketones (excluding diaryl/α,β-unsaturated/α-hetero) is 1. The Kier molecular flexibility index (Phi) is 5.66. The maximum Gasteiger partial charge on any atom is 0.160 e. The molecule has 0 bridgehead atoms. The summed E-state index contributed by atoms with van der Waals surface area (Å²) in [5.41, 5.74) is 2.17. The molecule has 7 nitrogen and oxygen atoms in total. The molecule has 160 valence electrons. The van der Waals surface area contributed by atoms with Crippen LogP contribution in [0, 0.1) is 0 Å². The van der Waals surface area contributed by atoms with Crippen LogP contribution in [0.3, 0.4) is 0 Å². The first-order valence-electron chi connectivity index (χ1n) is 10.2. The molecule has 8 heteroatoms. The summed E-state index contributed by atoms with van der Waals surface area (Å²) in [6.45, 7) is 3.59. The first-order valence-corrected chi connectivity index (χ1v) is 11.9. The van der Waals surface area contributed by atoms with Crippen molar-refractivity contribution >= 4 is 15.6 Å². The molecule has 4 rings (SSSR count). The average Bonchev–Trinajstić information content (AvgIpc) is 3.61. The average molecular weight is 437 g/mol. The van der Waals surface area contributed by atoms with Crippen molar-refractivity contribution < 1.29 is 13.2 Å². The number of hydrogen-bond acceptors (Lipinski definition) is 7. The Balaban J connectivity index is 1.48. The standard InChI is InChI=1S/C23H24N4O3S/c1-23(2,20-9-11-25-22(27-20)15-31(29,30)19-7-8-19)21(28)12-18-6-5-17(14-26-18)16-4-3-10-24-13-16/h3-6,9-11,13-14,19H,7-8,12,15H2,1-2H3. The quantitative estimate of drug-likeness (QED) is 0.534. The van der Waals surface area contributed by atoms with E-state index in [2.05, 4.69) is 19.9 Å². The first-order chi connectivity index (χ1) is 14.8. The van der Waals surface area contributed by atoms with Crippen LogP contribution in [0.5, 0.6) is 0 Å². The van der Waals surface area contributed by atoms with Crippen molar-refractivity contribution in [3.63, 3.8) is 0 Å². The zero-order valence-electron chi connectivity index (χ0n) is 17.5. The Morgan fingerprint density at radius 2 is 1.81 bits per heavy atom. The maximum atomic E-state index is 13.1. The normalized spacial score (nSPS) is 14.4. The fraction of sp³-hybridized carbons (Fsp3) is 0.348. The van der Waals surface area contributed by atoms with E-state index in [0.717, 1.165) is 11.1 Å². The van der Waals surface area contributed by atoms with Crippen LogP contribution in [0.4, 0.5) is 0 Å². The summed E-state index contributed by atoms with van der Waals surface area (Å²) in [5, 5.41) is -0.268.